The van der Waals surface area contributed by atoms with Gasteiger partial charge in [-0.25, -0.2) is 0 Å². The average molecular weight is 393 g/mol. The molecule has 2 heteroatoms. The molecule has 1 aliphatic carbocycles. The first-order chi connectivity index (χ1) is 11.0. The van der Waals surface area contributed by atoms with Crippen LogP contribution in [0.3, 0.4) is 0 Å². The van der Waals surface area contributed by atoms with Gasteiger partial charge in [-0.3, -0.25) is 0 Å². The van der Waals surface area contributed by atoms with Gasteiger partial charge in [-0.05, 0) is 52.9 Å². The van der Waals surface area contributed by atoms with E-state index in [4.69, 9.17) is 0 Å². The molecule has 0 bridgehead atoms. The molecule has 3 aromatic carbocycles. The first-order valence-electron chi connectivity index (χ1n) is 8.03. The molecule has 0 amide bonds. The quantitative estimate of drug-likeness (QED) is 0.348. The van der Waals surface area contributed by atoms with Gasteiger partial charge in [-0.15, -0.1) is 0 Å². The van der Waals surface area contributed by atoms with E-state index in [0.29, 0.717) is 5.75 Å². The van der Waals surface area contributed by atoms with Crippen molar-refractivity contribution in [2.75, 3.05) is 0 Å². The predicted octanol–water partition coefficient (Wildman–Crippen LogP) is 7.02. The summed E-state index contributed by atoms with van der Waals surface area (Å²) in [6.45, 7) is 6.60. The minimum absolute atomic E-state index is 0. The molecule has 4 rings (SSSR count). The molecule has 0 atom stereocenters. The molecule has 3 aromatic rings. The van der Waals surface area contributed by atoms with Crippen molar-refractivity contribution < 1.29 is 26.8 Å². The number of phenolic OH excluding ortho intramolecular Hbond substituents is 1. The molecule has 0 fully saturated rings. The molecule has 0 heterocycles. The summed E-state index contributed by atoms with van der Waals surface area (Å²) in [6.07, 6.45) is 0. The van der Waals surface area contributed by atoms with Crippen LogP contribution >= 0.6 is 0 Å². The van der Waals surface area contributed by atoms with Crippen LogP contribution in [0.4, 0.5) is 0 Å². The van der Waals surface area contributed by atoms with Crippen molar-refractivity contribution in [3.8, 4) is 28.0 Å². The Morgan fingerprint density at radius 3 is 2.04 bits per heavy atom. The summed E-state index contributed by atoms with van der Waals surface area (Å²) in [4.78, 5) is 0. The molecule has 0 aromatic heterocycles. The van der Waals surface area contributed by atoms with Crippen LogP contribution in [-0.2, 0) is 27.1 Å². The normalized spacial score (nSPS) is 12.3. The SMILES string of the molecule is Cc1ccc(O)c(-c2ccc3c(c2)C(C)(C)c2ccccc2-3)c1.[CH3-].[CH3-].[CH3-].[Ti+3]. The largest absolute Gasteiger partial charge is 3.00 e. The molecular formula is C25H29OTi. The molecule has 1 aliphatic rings. The predicted molar refractivity (Wildman–Crippen MR) is 115 cm³/mol. The van der Waals surface area contributed by atoms with Crippen molar-refractivity contribution in [3.05, 3.63) is 99.6 Å². The summed E-state index contributed by atoms with van der Waals surface area (Å²) in [7, 11) is 0. The van der Waals surface area contributed by atoms with Gasteiger partial charge in [0.05, 0.1) is 0 Å². The zero-order chi connectivity index (χ0) is 16.2. The maximum absolute atomic E-state index is 10.2. The standard InChI is InChI=1S/C22H20O.3CH3.Ti/c1-14-8-11-21(23)18(12-14)15-9-10-17-16-6-4-5-7-19(16)22(2,3)20(17)13-15;;;;/h4-13,23H,1-3H3;3*1H3;/q;3*-1;+3. The number of aryl methyl sites for hydroxylation is 1. The second kappa shape index (κ2) is 8.91. The maximum Gasteiger partial charge on any atom is 3.00 e. The summed E-state index contributed by atoms with van der Waals surface area (Å²) < 4.78 is 0. The number of hydrogen-bond donors (Lipinski definition) is 1. The van der Waals surface area contributed by atoms with Crippen molar-refractivity contribution in [1.82, 2.24) is 0 Å². The molecule has 0 spiro atoms. The number of phenols is 1. The summed E-state index contributed by atoms with van der Waals surface area (Å²) in [6, 6.07) is 20.9. The van der Waals surface area contributed by atoms with E-state index >= 15 is 0 Å². The molecule has 1 N–H and O–H groups in total. The van der Waals surface area contributed by atoms with Gasteiger partial charge in [0, 0.05) is 11.0 Å². The van der Waals surface area contributed by atoms with Gasteiger partial charge in [0.2, 0.25) is 0 Å². The Hall–Kier alpha value is -1.83. The van der Waals surface area contributed by atoms with Crippen molar-refractivity contribution in [1.29, 1.82) is 0 Å². The Bertz CT molecular complexity index is 925. The third-order valence-corrected chi connectivity index (χ3v) is 5.05. The molecule has 1 nitrogen and oxygen atoms in total. The Morgan fingerprint density at radius 2 is 1.33 bits per heavy atom. The van der Waals surface area contributed by atoms with Crippen LogP contribution in [0.1, 0.15) is 30.5 Å². The van der Waals surface area contributed by atoms with Crippen LogP contribution in [0.25, 0.3) is 22.3 Å². The second-order valence-corrected chi connectivity index (χ2v) is 6.95. The van der Waals surface area contributed by atoms with Crippen LogP contribution in [0.15, 0.2) is 60.7 Å². The van der Waals surface area contributed by atoms with Crippen molar-refractivity contribution in [2.24, 2.45) is 0 Å². The molecule has 0 saturated carbocycles. The number of rotatable bonds is 1. The first-order valence-corrected chi connectivity index (χ1v) is 8.03. The topological polar surface area (TPSA) is 20.2 Å². The number of hydrogen-bond acceptors (Lipinski definition) is 1. The fourth-order valence-electron chi connectivity index (χ4n) is 3.75. The van der Waals surface area contributed by atoms with Crippen LogP contribution in [-0.4, -0.2) is 5.11 Å². The van der Waals surface area contributed by atoms with E-state index < -0.39 is 0 Å². The zero-order valence-corrected chi connectivity index (χ0v) is 18.8. The maximum atomic E-state index is 10.2. The summed E-state index contributed by atoms with van der Waals surface area (Å²) >= 11 is 0. The molecule has 0 saturated heterocycles. The van der Waals surface area contributed by atoms with Crippen molar-refractivity contribution in [3.63, 3.8) is 0 Å². The number of benzene rings is 3. The van der Waals surface area contributed by atoms with Crippen LogP contribution in [0, 0.1) is 29.2 Å². The van der Waals surface area contributed by atoms with Crippen LogP contribution < -0.4 is 0 Å². The Labute approximate surface area is 180 Å². The van der Waals surface area contributed by atoms with Gasteiger partial charge < -0.3 is 27.4 Å². The molecule has 27 heavy (non-hydrogen) atoms. The van der Waals surface area contributed by atoms with E-state index in [-0.39, 0.29) is 49.4 Å². The van der Waals surface area contributed by atoms with Gasteiger partial charge in [0.25, 0.3) is 0 Å². The van der Waals surface area contributed by atoms with Gasteiger partial charge >= 0.3 is 21.7 Å². The van der Waals surface area contributed by atoms with E-state index in [1.54, 1.807) is 6.07 Å². The number of fused-ring (bicyclic) bond motifs is 3. The minimum Gasteiger partial charge on any atom is -0.507 e. The minimum atomic E-state index is -0.0125. The van der Waals surface area contributed by atoms with Crippen LogP contribution in [0.2, 0.25) is 0 Å². The van der Waals surface area contributed by atoms with E-state index in [1.807, 2.05) is 12.1 Å². The van der Waals surface area contributed by atoms with Gasteiger partial charge in [-0.2, -0.15) is 0 Å². The number of aromatic hydroxyl groups is 1. The Balaban J connectivity index is 0.00000169. The second-order valence-electron chi connectivity index (χ2n) is 6.95. The Morgan fingerprint density at radius 1 is 0.704 bits per heavy atom. The Kier molecular flexibility index (Phi) is 8.31. The monoisotopic (exact) mass is 393 g/mol. The fourth-order valence-corrected chi connectivity index (χ4v) is 3.75. The van der Waals surface area contributed by atoms with Gasteiger partial charge in [0.15, 0.2) is 0 Å². The van der Waals surface area contributed by atoms with E-state index in [2.05, 4.69) is 63.2 Å². The van der Waals surface area contributed by atoms with Gasteiger partial charge in [-0.1, -0.05) is 61.9 Å². The average Bonchev–Trinajstić information content (AvgIpc) is 2.78. The van der Waals surface area contributed by atoms with E-state index in [1.165, 1.54) is 22.3 Å². The molecule has 139 valence electrons. The van der Waals surface area contributed by atoms with E-state index in [0.717, 1.165) is 16.7 Å². The summed E-state index contributed by atoms with van der Waals surface area (Å²) in [5.41, 5.74) is 8.46. The molecule has 1 radical (unpaired) electrons. The molecular weight excluding hydrogens is 364 g/mol. The fraction of sp³-hybridized carbons (Fsp3) is 0.160. The zero-order valence-electron chi connectivity index (χ0n) is 17.2. The first kappa shape index (κ1) is 25.2. The van der Waals surface area contributed by atoms with E-state index in [9.17, 15) is 5.11 Å². The van der Waals surface area contributed by atoms with Crippen molar-refractivity contribution in [2.45, 2.75) is 26.2 Å². The smallest absolute Gasteiger partial charge is 0.507 e. The van der Waals surface area contributed by atoms with Crippen LogP contribution in [0.5, 0.6) is 5.75 Å². The van der Waals surface area contributed by atoms with Gasteiger partial charge in [0.1, 0.15) is 5.75 Å². The molecule has 0 unspecified atom stereocenters. The summed E-state index contributed by atoms with van der Waals surface area (Å²) in [5, 5.41) is 10.2. The third kappa shape index (κ3) is 3.90. The summed E-state index contributed by atoms with van der Waals surface area (Å²) in [5.74, 6) is 0.337. The van der Waals surface area contributed by atoms with Crippen molar-refractivity contribution >= 4 is 0 Å². The third-order valence-electron chi connectivity index (χ3n) is 5.05. The molecule has 0 aliphatic heterocycles.